The van der Waals surface area contributed by atoms with Gasteiger partial charge in [-0.3, -0.25) is 0 Å². The third-order valence-electron chi connectivity index (χ3n) is 2.60. The van der Waals surface area contributed by atoms with Gasteiger partial charge in [0.25, 0.3) is 0 Å². The topological polar surface area (TPSA) is 24.1 Å². The monoisotopic (exact) mass is 210 g/mol. The van der Waals surface area contributed by atoms with Gasteiger partial charge in [0, 0.05) is 17.3 Å². The molecule has 0 saturated carbocycles. The number of halogens is 1. The summed E-state index contributed by atoms with van der Waals surface area (Å²) in [6, 6.07) is 7.86. The molecule has 1 heterocycles. The van der Waals surface area contributed by atoms with Crippen molar-refractivity contribution in [2.45, 2.75) is 6.42 Å². The van der Waals surface area contributed by atoms with Crippen molar-refractivity contribution in [3.63, 3.8) is 0 Å². The van der Waals surface area contributed by atoms with Crippen LogP contribution in [0.1, 0.15) is 6.42 Å². The predicted octanol–water partition coefficient (Wildman–Crippen LogP) is 2.36. The number of rotatable bonds is 3. The van der Waals surface area contributed by atoms with Crippen LogP contribution < -0.4 is 10.6 Å². The minimum atomic E-state index is 0.769. The molecule has 0 amide bonds. The second-order valence-electron chi connectivity index (χ2n) is 3.75. The Kier molecular flexibility index (Phi) is 3.27. The van der Waals surface area contributed by atoms with Crippen LogP contribution in [0.2, 0.25) is 5.02 Å². The first-order valence-corrected chi connectivity index (χ1v) is 5.42. The quantitative estimate of drug-likeness (QED) is 0.801. The van der Waals surface area contributed by atoms with Crippen LogP contribution >= 0.6 is 11.6 Å². The van der Waals surface area contributed by atoms with E-state index in [1.54, 1.807) is 0 Å². The average molecular weight is 211 g/mol. The van der Waals surface area contributed by atoms with Crippen molar-refractivity contribution in [3.8, 4) is 0 Å². The Balaban J connectivity index is 1.82. The summed E-state index contributed by atoms with van der Waals surface area (Å²) in [5.74, 6) is 0.769. The molecule has 2 nitrogen and oxygen atoms in total. The molecule has 1 fully saturated rings. The maximum Gasteiger partial charge on any atom is 0.0407 e. The van der Waals surface area contributed by atoms with E-state index in [0.29, 0.717) is 0 Å². The largest absolute Gasteiger partial charge is 0.385 e. The second kappa shape index (κ2) is 4.67. The van der Waals surface area contributed by atoms with E-state index in [-0.39, 0.29) is 0 Å². The smallest absolute Gasteiger partial charge is 0.0407 e. The molecule has 3 heteroatoms. The molecule has 0 radical (unpaired) electrons. The zero-order chi connectivity index (χ0) is 9.80. The Hall–Kier alpha value is -0.730. The molecular formula is C11H15ClN2. The zero-order valence-corrected chi connectivity index (χ0v) is 8.85. The van der Waals surface area contributed by atoms with Crippen molar-refractivity contribution in [3.05, 3.63) is 29.3 Å². The summed E-state index contributed by atoms with van der Waals surface area (Å²) in [5.41, 5.74) is 1.15. The molecule has 0 bridgehead atoms. The summed E-state index contributed by atoms with van der Waals surface area (Å²) < 4.78 is 0. The third kappa shape index (κ3) is 2.63. The second-order valence-corrected chi connectivity index (χ2v) is 4.18. The number of hydrogen-bond donors (Lipinski definition) is 2. The first kappa shape index (κ1) is 9.81. The SMILES string of the molecule is Clc1ccc(NCC2CCNC2)cc1. The van der Waals surface area contributed by atoms with Crippen LogP contribution in [-0.4, -0.2) is 19.6 Å². The van der Waals surface area contributed by atoms with E-state index in [0.717, 1.165) is 36.3 Å². The number of benzene rings is 1. The summed E-state index contributed by atoms with van der Waals surface area (Å²) in [6.07, 6.45) is 1.28. The molecule has 0 aromatic heterocycles. The highest BCUT2D eigenvalue weighted by Crippen LogP contribution is 2.15. The fraction of sp³-hybridized carbons (Fsp3) is 0.455. The molecule has 1 aliphatic rings. The standard InChI is InChI=1S/C11H15ClN2/c12-10-1-3-11(4-2-10)14-8-9-5-6-13-7-9/h1-4,9,13-14H,5-8H2. The van der Waals surface area contributed by atoms with E-state index in [1.165, 1.54) is 6.42 Å². The van der Waals surface area contributed by atoms with Crippen LogP contribution in [0.4, 0.5) is 5.69 Å². The van der Waals surface area contributed by atoms with Crippen molar-refractivity contribution in [1.29, 1.82) is 0 Å². The molecule has 1 saturated heterocycles. The lowest BCUT2D eigenvalue weighted by Gasteiger charge is -2.10. The maximum absolute atomic E-state index is 5.80. The highest BCUT2D eigenvalue weighted by Gasteiger charge is 2.13. The van der Waals surface area contributed by atoms with Gasteiger partial charge in [0.05, 0.1) is 0 Å². The van der Waals surface area contributed by atoms with E-state index >= 15 is 0 Å². The minimum Gasteiger partial charge on any atom is -0.385 e. The van der Waals surface area contributed by atoms with Crippen molar-refractivity contribution >= 4 is 17.3 Å². The molecule has 0 spiro atoms. The number of nitrogens with one attached hydrogen (secondary N) is 2. The molecule has 14 heavy (non-hydrogen) atoms. The van der Waals surface area contributed by atoms with Gasteiger partial charge in [0.2, 0.25) is 0 Å². The normalized spacial score (nSPS) is 21.1. The lowest BCUT2D eigenvalue weighted by atomic mass is 10.1. The highest BCUT2D eigenvalue weighted by molar-refractivity contribution is 6.30. The predicted molar refractivity (Wildman–Crippen MR) is 60.9 cm³/mol. The van der Waals surface area contributed by atoms with Gasteiger partial charge in [-0.1, -0.05) is 11.6 Å². The first-order chi connectivity index (χ1) is 6.84. The van der Waals surface area contributed by atoms with Gasteiger partial charge in [-0.15, -0.1) is 0 Å². The molecule has 1 aromatic carbocycles. The van der Waals surface area contributed by atoms with E-state index in [1.807, 2.05) is 24.3 Å². The Morgan fingerprint density at radius 1 is 1.36 bits per heavy atom. The van der Waals surface area contributed by atoms with Gasteiger partial charge in [-0.25, -0.2) is 0 Å². The first-order valence-electron chi connectivity index (χ1n) is 5.05. The fourth-order valence-corrected chi connectivity index (χ4v) is 1.84. The molecule has 2 N–H and O–H groups in total. The van der Waals surface area contributed by atoms with Gasteiger partial charge in [-0.05, 0) is 49.7 Å². The van der Waals surface area contributed by atoms with Crippen molar-refractivity contribution < 1.29 is 0 Å². The van der Waals surface area contributed by atoms with Crippen molar-refractivity contribution in [2.75, 3.05) is 25.0 Å². The number of anilines is 1. The van der Waals surface area contributed by atoms with Gasteiger partial charge < -0.3 is 10.6 Å². The van der Waals surface area contributed by atoms with Gasteiger partial charge in [0.15, 0.2) is 0 Å². The summed E-state index contributed by atoms with van der Waals surface area (Å²) in [6.45, 7) is 3.35. The zero-order valence-electron chi connectivity index (χ0n) is 8.09. The Morgan fingerprint density at radius 3 is 2.79 bits per heavy atom. The fourth-order valence-electron chi connectivity index (χ4n) is 1.72. The lowest BCUT2D eigenvalue weighted by Crippen LogP contribution is -2.17. The summed E-state index contributed by atoms with van der Waals surface area (Å²) in [7, 11) is 0. The lowest BCUT2D eigenvalue weighted by molar-refractivity contribution is 0.615. The molecule has 1 aliphatic heterocycles. The van der Waals surface area contributed by atoms with E-state index in [9.17, 15) is 0 Å². The van der Waals surface area contributed by atoms with Crippen LogP contribution in [0, 0.1) is 5.92 Å². The number of hydrogen-bond acceptors (Lipinski definition) is 2. The molecule has 1 unspecified atom stereocenters. The van der Waals surface area contributed by atoms with Gasteiger partial charge >= 0.3 is 0 Å². The van der Waals surface area contributed by atoms with Crippen molar-refractivity contribution in [2.24, 2.45) is 5.92 Å². The molecule has 1 atom stereocenters. The summed E-state index contributed by atoms with van der Waals surface area (Å²) in [4.78, 5) is 0. The van der Waals surface area contributed by atoms with E-state index in [2.05, 4.69) is 10.6 Å². The molecule has 0 aliphatic carbocycles. The highest BCUT2D eigenvalue weighted by atomic mass is 35.5. The Bertz CT molecular complexity index is 278. The third-order valence-corrected chi connectivity index (χ3v) is 2.85. The van der Waals surface area contributed by atoms with E-state index < -0.39 is 0 Å². The van der Waals surface area contributed by atoms with Crippen LogP contribution in [0.5, 0.6) is 0 Å². The van der Waals surface area contributed by atoms with Crippen LogP contribution in [0.15, 0.2) is 24.3 Å². The van der Waals surface area contributed by atoms with Gasteiger partial charge in [-0.2, -0.15) is 0 Å². The minimum absolute atomic E-state index is 0.769. The summed E-state index contributed by atoms with van der Waals surface area (Å²) >= 11 is 5.80. The Labute approximate surface area is 89.7 Å². The van der Waals surface area contributed by atoms with Crippen LogP contribution in [-0.2, 0) is 0 Å². The maximum atomic E-state index is 5.80. The average Bonchev–Trinajstić information content (AvgIpc) is 2.70. The molecular weight excluding hydrogens is 196 g/mol. The molecule has 2 rings (SSSR count). The molecule has 1 aromatic rings. The van der Waals surface area contributed by atoms with Crippen LogP contribution in [0.3, 0.4) is 0 Å². The Morgan fingerprint density at radius 2 is 2.14 bits per heavy atom. The van der Waals surface area contributed by atoms with Crippen molar-refractivity contribution in [1.82, 2.24) is 5.32 Å². The van der Waals surface area contributed by atoms with Crippen LogP contribution in [0.25, 0.3) is 0 Å². The van der Waals surface area contributed by atoms with E-state index in [4.69, 9.17) is 11.6 Å². The summed E-state index contributed by atoms with van der Waals surface area (Å²) in [5, 5.41) is 7.56. The van der Waals surface area contributed by atoms with Gasteiger partial charge in [0.1, 0.15) is 0 Å². The molecule has 76 valence electrons.